The third-order valence-electron chi connectivity index (χ3n) is 0. The van der Waals surface area contributed by atoms with E-state index in [1.807, 2.05) is 0 Å². The maximum atomic E-state index is 3.06. The third-order valence-corrected chi connectivity index (χ3v) is 0. The van der Waals surface area contributed by atoms with Crippen molar-refractivity contribution >= 4 is 91.0 Å². The second-order valence-corrected chi connectivity index (χ2v) is 169. The standard InChI is InChI=1S/CH2Br.4HI.Pb/c1-2;;;;;/h1H2;4*1H;/q;;;;;+4/p-4. The van der Waals surface area contributed by atoms with Crippen LogP contribution in [0.25, 0.3) is 0 Å². The average Bonchev–Trinajstić information content (AvgIpc) is 1.36. The van der Waals surface area contributed by atoms with Gasteiger partial charge in [-0.15, -0.1) is 0 Å². The number of halogens is 5. The molecule has 0 rings (SSSR count). The fourth-order valence-corrected chi connectivity index (χ4v) is 0. The summed E-state index contributed by atoms with van der Waals surface area (Å²) in [6, 6.07) is 0. The monoisotopic (exact) mass is 809 g/mol. The van der Waals surface area contributed by atoms with Gasteiger partial charge in [0.15, 0.2) is 0 Å². The predicted molar refractivity (Wildman–Crippen MR) is 76.1 cm³/mol. The van der Waals surface area contributed by atoms with Crippen LogP contribution in [0.2, 0.25) is 0 Å². The van der Waals surface area contributed by atoms with Crippen LogP contribution in [-0.4, -0.2) is 4.00 Å². The molecule has 6 heteroatoms. The van der Waals surface area contributed by atoms with E-state index in [-0.39, 0.29) is 0 Å². The Balaban J connectivity index is 0. The van der Waals surface area contributed by atoms with Gasteiger partial charge in [-0.1, -0.05) is 15.9 Å². The van der Waals surface area contributed by atoms with E-state index in [4.69, 9.17) is 0 Å². The Hall–Kier alpha value is 4.32. The SMILES string of the molecule is [CH2]Br.[I][Pb]([I])([I])[I]. The molecular weight excluding hydrogens is 807 g/mol. The molecule has 0 N–H and O–H groups in total. The second kappa shape index (κ2) is 8.42. The molecular formula is CH2BrI4Pb. The van der Waals surface area contributed by atoms with Crippen LogP contribution >= 0.6 is 87.0 Å². The molecule has 0 atom stereocenters. The maximum absolute atomic E-state index is 3.06. The average molecular weight is 809 g/mol. The number of rotatable bonds is 0. The number of hydrogen-bond acceptors (Lipinski definition) is 0. The summed E-state index contributed by atoms with van der Waals surface area (Å²) in [6.07, 6.45) is 0. The van der Waals surface area contributed by atoms with Crippen molar-refractivity contribution in [2.45, 2.75) is 0 Å². The molecule has 0 aliphatic heterocycles. The van der Waals surface area contributed by atoms with E-state index in [0.717, 1.165) is 0 Å². The Bertz CT molecular complexity index is 27.2. The first-order valence-corrected chi connectivity index (χ1v) is 45.9. The first kappa shape index (κ1) is 13.9. The van der Waals surface area contributed by atoms with Crippen molar-refractivity contribution in [2.24, 2.45) is 0 Å². The first-order chi connectivity index (χ1) is 3.00. The van der Waals surface area contributed by atoms with E-state index in [0.29, 0.717) is 0 Å². The van der Waals surface area contributed by atoms with E-state index < -0.39 is 4.00 Å². The van der Waals surface area contributed by atoms with Crippen molar-refractivity contribution in [1.29, 1.82) is 0 Å². The Morgan fingerprint density at radius 2 is 1.00 bits per heavy atom. The van der Waals surface area contributed by atoms with Crippen LogP contribution in [0.15, 0.2) is 0 Å². The van der Waals surface area contributed by atoms with Gasteiger partial charge >= 0.3 is 75.0 Å². The van der Waals surface area contributed by atoms with E-state index >= 15 is 0 Å². The molecule has 45 valence electrons. The quantitative estimate of drug-likeness (QED) is 0.253. The van der Waals surface area contributed by atoms with Gasteiger partial charge < -0.3 is 0 Å². The fraction of sp³-hybridized carbons (Fsp3) is 0. The molecule has 0 unspecified atom stereocenters. The van der Waals surface area contributed by atoms with Gasteiger partial charge in [-0.25, -0.2) is 0 Å². The molecule has 0 saturated heterocycles. The molecule has 0 aromatic heterocycles. The van der Waals surface area contributed by atoms with Gasteiger partial charge in [-0.2, -0.15) is 0 Å². The minimum absolute atomic E-state index is 1.40. The van der Waals surface area contributed by atoms with Crippen molar-refractivity contribution in [3.05, 3.63) is 5.83 Å². The van der Waals surface area contributed by atoms with Crippen LogP contribution in [0.3, 0.4) is 0 Å². The van der Waals surface area contributed by atoms with Gasteiger partial charge in [0, 0.05) is 5.83 Å². The van der Waals surface area contributed by atoms with Gasteiger partial charge in [0.2, 0.25) is 0 Å². The molecule has 0 aliphatic rings. The van der Waals surface area contributed by atoms with Gasteiger partial charge in [-0.05, 0) is 0 Å². The summed E-state index contributed by atoms with van der Waals surface area (Å²) in [5.41, 5.74) is 0. The molecule has 0 aromatic rings. The Labute approximate surface area is 93.3 Å². The fourth-order valence-electron chi connectivity index (χ4n) is 0. The van der Waals surface area contributed by atoms with Crippen LogP contribution in [0.4, 0.5) is 0 Å². The Morgan fingerprint density at radius 1 is 1.00 bits per heavy atom. The second-order valence-electron chi connectivity index (χ2n) is 0.429. The summed E-state index contributed by atoms with van der Waals surface area (Å²) in [7, 11) is 0. The van der Waals surface area contributed by atoms with Crippen LogP contribution in [0.1, 0.15) is 0 Å². The van der Waals surface area contributed by atoms with Gasteiger partial charge in [0.05, 0.1) is 0 Å². The molecule has 0 amide bonds. The Morgan fingerprint density at radius 3 is 1.00 bits per heavy atom. The summed E-state index contributed by atoms with van der Waals surface area (Å²) in [4.78, 5) is 0. The first-order valence-electron chi connectivity index (χ1n) is 1.02. The molecule has 7 heavy (non-hydrogen) atoms. The van der Waals surface area contributed by atoms with Crippen LogP contribution < -0.4 is 0 Å². The molecule has 0 saturated carbocycles. The molecule has 0 spiro atoms. The summed E-state index contributed by atoms with van der Waals surface area (Å²) >= 11 is 12.9. The van der Waals surface area contributed by atoms with Crippen molar-refractivity contribution < 1.29 is 0 Å². The van der Waals surface area contributed by atoms with Crippen molar-refractivity contribution in [2.75, 3.05) is 0 Å². The summed E-state index contributed by atoms with van der Waals surface area (Å²) < 4.78 is -1.40. The molecule has 0 fully saturated rings. The molecule has 0 nitrogen and oxygen atoms in total. The van der Waals surface area contributed by atoms with E-state index in [1.165, 1.54) is 0 Å². The normalized spacial score (nSPS) is 9.43. The topological polar surface area (TPSA) is 0 Å². The van der Waals surface area contributed by atoms with E-state index in [1.54, 1.807) is 0 Å². The van der Waals surface area contributed by atoms with Crippen LogP contribution in [0, 0.1) is 5.83 Å². The summed E-state index contributed by atoms with van der Waals surface area (Å²) in [5.74, 6) is 3.06. The Kier molecular flexibility index (Phi) is 16.7. The number of hydrogen-bond donors (Lipinski definition) is 0. The zero-order valence-electron chi connectivity index (χ0n) is 3.10. The zero-order chi connectivity index (χ0) is 6.50. The minimum atomic E-state index is -1.40. The van der Waals surface area contributed by atoms with Gasteiger partial charge in [0.25, 0.3) is 0 Å². The molecule has 0 aromatic carbocycles. The van der Waals surface area contributed by atoms with Crippen molar-refractivity contribution in [3.63, 3.8) is 0 Å². The van der Waals surface area contributed by atoms with E-state index in [2.05, 4.69) is 92.8 Å². The van der Waals surface area contributed by atoms with Crippen LogP contribution in [0.5, 0.6) is 0 Å². The molecule has 0 bridgehead atoms. The van der Waals surface area contributed by atoms with Crippen LogP contribution in [-0.2, 0) is 0 Å². The van der Waals surface area contributed by atoms with Crippen molar-refractivity contribution in [1.82, 2.24) is 0 Å². The molecule has 1 radical (unpaired) electrons. The molecule has 0 heterocycles. The predicted octanol–water partition coefficient (Wildman–Crippen LogP) is 4.33. The molecule has 0 aliphatic carbocycles. The zero-order valence-corrected chi connectivity index (χ0v) is 17.2. The summed E-state index contributed by atoms with van der Waals surface area (Å²) in [5, 5.41) is 0. The summed E-state index contributed by atoms with van der Waals surface area (Å²) in [6.45, 7) is 0. The van der Waals surface area contributed by atoms with Crippen molar-refractivity contribution in [3.8, 4) is 0 Å². The third kappa shape index (κ3) is 38.3. The van der Waals surface area contributed by atoms with E-state index in [9.17, 15) is 0 Å². The van der Waals surface area contributed by atoms with Gasteiger partial charge in [0.1, 0.15) is 0 Å². The van der Waals surface area contributed by atoms with Gasteiger partial charge in [-0.3, -0.25) is 0 Å².